The Labute approximate surface area is 126 Å². The zero-order valence-electron chi connectivity index (χ0n) is 12.4. The van der Waals surface area contributed by atoms with Gasteiger partial charge < -0.3 is 5.32 Å². The van der Waals surface area contributed by atoms with E-state index in [1.807, 2.05) is 13.8 Å². The number of nitrogens with zero attached hydrogens (tertiary/aromatic N) is 1. The number of hydrogen-bond acceptors (Lipinski definition) is 3. The Bertz CT molecular complexity index is 609. The van der Waals surface area contributed by atoms with Gasteiger partial charge in [-0.2, -0.15) is 4.31 Å². The summed E-state index contributed by atoms with van der Waals surface area (Å²) in [4.78, 5) is -0.327. The molecule has 116 valence electrons. The van der Waals surface area contributed by atoms with Crippen molar-refractivity contribution in [1.29, 1.82) is 0 Å². The third kappa shape index (κ3) is 4.53. The minimum absolute atomic E-state index is 0.0608. The Hall–Kier alpha value is -1.42. The van der Waals surface area contributed by atoms with Crippen LogP contribution in [0.2, 0.25) is 0 Å². The van der Waals surface area contributed by atoms with Crippen molar-refractivity contribution >= 4 is 10.0 Å². The van der Waals surface area contributed by atoms with Gasteiger partial charge in [-0.1, -0.05) is 25.8 Å². The molecule has 0 heterocycles. The highest BCUT2D eigenvalue weighted by Crippen LogP contribution is 2.20. The molecule has 1 rings (SSSR count). The molecule has 0 unspecified atom stereocenters. The Morgan fingerprint density at radius 2 is 2.10 bits per heavy atom. The Kier molecular flexibility index (Phi) is 6.82. The van der Waals surface area contributed by atoms with Crippen molar-refractivity contribution < 1.29 is 12.8 Å². The SMILES string of the molecule is C#CCN(CCC)S(=O)(=O)c1ccc(CNCC)cc1F. The van der Waals surface area contributed by atoms with Crippen LogP contribution in [0.1, 0.15) is 25.8 Å². The third-order valence-electron chi connectivity index (χ3n) is 2.93. The fourth-order valence-corrected chi connectivity index (χ4v) is 3.40. The van der Waals surface area contributed by atoms with Crippen molar-refractivity contribution in [2.24, 2.45) is 0 Å². The molecule has 0 aromatic heterocycles. The minimum atomic E-state index is -3.90. The minimum Gasteiger partial charge on any atom is -0.313 e. The molecule has 1 aromatic carbocycles. The predicted octanol–water partition coefficient (Wildman–Crippen LogP) is 1.97. The first kappa shape index (κ1) is 17.6. The van der Waals surface area contributed by atoms with Crippen LogP contribution in [0.15, 0.2) is 23.1 Å². The summed E-state index contributed by atoms with van der Waals surface area (Å²) in [6.07, 6.45) is 5.81. The highest BCUT2D eigenvalue weighted by molar-refractivity contribution is 7.89. The summed E-state index contributed by atoms with van der Waals surface area (Å²) in [5, 5.41) is 3.06. The van der Waals surface area contributed by atoms with Gasteiger partial charge in [0.1, 0.15) is 10.7 Å². The van der Waals surface area contributed by atoms with Gasteiger partial charge in [0.25, 0.3) is 0 Å². The maximum Gasteiger partial charge on any atom is 0.246 e. The van der Waals surface area contributed by atoms with Crippen LogP contribution in [-0.2, 0) is 16.6 Å². The topological polar surface area (TPSA) is 49.4 Å². The molecule has 0 amide bonds. The van der Waals surface area contributed by atoms with Gasteiger partial charge in [-0.25, -0.2) is 12.8 Å². The van der Waals surface area contributed by atoms with Gasteiger partial charge in [-0.05, 0) is 30.7 Å². The van der Waals surface area contributed by atoms with E-state index in [1.165, 1.54) is 12.1 Å². The van der Waals surface area contributed by atoms with Crippen molar-refractivity contribution in [2.75, 3.05) is 19.6 Å². The second-order valence-corrected chi connectivity index (χ2v) is 6.49. The summed E-state index contributed by atoms with van der Waals surface area (Å²) in [5.74, 6) is 1.55. The van der Waals surface area contributed by atoms with E-state index in [0.29, 0.717) is 18.5 Å². The molecular weight excluding hydrogens is 291 g/mol. The van der Waals surface area contributed by atoms with E-state index in [4.69, 9.17) is 6.42 Å². The number of benzene rings is 1. The van der Waals surface area contributed by atoms with Crippen LogP contribution in [0.3, 0.4) is 0 Å². The zero-order valence-corrected chi connectivity index (χ0v) is 13.2. The fourth-order valence-electron chi connectivity index (χ4n) is 1.91. The first-order valence-corrected chi connectivity index (χ1v) is 8.34. The number of hydrogen-bond donors (Lipinski definition) is 1. The molecule has 0 spiro atoms. The van der Waals surface area contributed by atoms with Crippen LogP contribution in [0.4, 0.5) is 4.39 Å². The number of sulfonamides is 1. The van der Waals surface area contributed by atoms with E-state index < -0.39 is 15.8 Å². The number of terminal acetylenes is 1. The molecule has 0 fully saturated rings. The van der Waals surface area contributed by atoms with Crippen molar-refractivity contribution in [2.45, 2.75) is 31.7 Å². The molecule has 0 aliphatic rings. The van der Waals surface area contributed by atoms with E-state index in [-0.39, 0.29) is 18.0 Å². The lowest BCUT2D eigenvalue weighted by Crippen LogP contribution is -2.32. The second kappa shape index (κ2) is 8.13. The fraction of sp³-hybridized carbons (Fsp3) is 0.467. The molecular formula is C15H21FN2O2S. The van der Waals surface area contributed by atoms with Crippen LogP contribution < -0.4 is 5.32 Å². The molecule has 0 saturated carbocycles. The molecule has 0 aliphatic carbocycles. The van der Waals surface area contributed by atoms with Gasteiger partial charge in [0.05, 0.1) is 6.54 Å². The van der Waals surface area contributed by atoms with Gasteiger partial charge in [0.2, 0.25) is 10.0 Å². The summed E-state index contributed by atoms with van der Waals surface area (Å²) in [7, 11) is -3.90. The Morgan fingerprint density at radius 3 is 2.62 bits per heavy atom. The zero-order chi connectivity index (χ0) is 15.9. The van der Waals surface area contributed by atoms with Crippen LogP contribution in [0.5, 0.6) is 0 Å². The summed E-state index contributed by atoms with van der Waals surface area (Å²) in [6, 6.07) is 4.16. The van der Waals surface area contributed by atoms with E-state index in [0.717, 1.165) is 10.8 Å². The van der Waals surface area contributed by atoms with E-state index in [1.54, 1.807) is 6.07 Å². The molecule has 1 aromatic rings. The summed E-state index contributed by atoms with van der Waals surface area (Å²) < 4.78 is 40.1. The average molecular weight is 312 g/mol. The van der Waals surface area contributed by atoms with Crippen molar-refractivity contribution in [3.8, 4) is 12.3 Å². The molecule has 0 bridgehead atoms. The first-order valence-electron chi connectivity index (χ1n) is 6.90. The first-order chi connectivity index (χ1) is 9.97. The smallest absolute Gasteiger partial charge is 0.246 e. The van der Waals surface area contributed by atoms with Gasteiger partial charge in [-0.15, -0.1) is 6.42 Å². The standard InChI is InChI=1S/C15H21FN2O2S/c1-4-9-18(10-5-2)21(19,20)15-8-7-13(11-14(15)16)12-17-6-3/h1,7-8,11,17H,5-6,9-10,12H2,2-3H3. The number of rotatable bonds is 8. The lowest BCUT2D eigenvalue weighted by Gasteiger charge is -2.19. The van der Waals surface area contributed by atoms with Gasteiger partial charge in [-0.3, -0.25) is 0 Å². The lowest BCUT2D eigenvalue weighted by molar-refractivity contribution is 0.440. The average Bonchev–Trinajstić information content (AvgIpc) is 2.44. The molecule has 1 N–H and O–H groups in total. The summed E-state index contributed by atoms with van der Waals surface area (Å²) in [5.41, 5.74) is 0.701. The maximum absolute atomic E-state index is 14.1. The molecule has 21 heavy (non-hydrogen) atoms. The van der Waals surface area contributed by atoms with Crippen LogP contribution in [-0.4, -0.2) is 32.4 Å². The lowest BCUT2D eigenvalue weighted by atomic mass is 10.2. The highest BCUT2D eigenvalue weighted by Gasteiger charge is 2.26. The molecule has 0 atom stereocenters. The van der Waals surface area contributed by atoms with Crippen molar-refractivity contribution in [1.82, 2.24) is 9.62 Å². The van der Waals surface area contributed by atoms with Gasteiger partial charge in [0, 0.05) is 13.1 Å². The van der Waals surface area contributed by atoms with E-state index in [9.17, 15) is 12.8 Å². The quantitative estimate of drug-likeness (QED) is 0.747. The Balaban J connectivity index is 3.10. The predicted molar refractivity (Wildman–Crippen MR) is 81.7 cm³/mol. The maximum atomic E-state index is 14.1. The Morgan fingerprint density at radius 1 is 1.38 bits per heavy atom. The van der Waals surface area contributed by atoms with E-state index >= 15 is 0 Å². The van der Waals surface area contributed by atoms with Gasteiger partial charge in [0.15, 0.2) is 0 Å². The molecule has 0 aliphatic heterocycles. The number of nitrogens with one attached hydrogen (secondary N) is 1. The molecule has 6 heteroatoms. The molecule has 0 saturated heterocycles. The highest BCUT2D eigenvalue weighted by atomic mass is 32.2. The summed E-state index contributed by atoms with van der Waals surface area (Å²) in [6.45, 7) is 5.25. The largest absolute Gasteiger partial charge is 0.313 e. The van der Waals surface area contributed by atoms with Gasteiger partial charge >= 0.3 is 0 Å². The van der Waals surface area contributed by atoms with Crippen LogP contribution in [0, 0.1) is 18.2 Å². The number of halogens is 1. The van der Waals surface area contributed by atoms with E-state index in [2.05, 4.69) is 11.2 Å². The van der Waals surface area contributed by atoms with Crippen LogP contribution >= 0.6 is 0 Å². The summed E-state index contributed by atoms with van der Waals surface area (Å²) >= 11 is 0. The monoisotopic (exact) mass is 312 g/mol. The molecule has 4 nitrogen and oxygen atoms in total. The third-order valence-corrected chi connectivity index (χ3v) is 4.81. The van der Waals surface area contributed by atoms with Crippen molar-refractivity contribution in [3.05, 3.63) is 29.6 Å². The molecule has 0 radical (unpaired) electrons. The normalized spacial score (nSPS) is 11.6. The second-order valence-electron chi connectivity index (χ2n) is 4.59. The van der Waals surface area contributed by atoms with Crippen molar-refractivity contribution in [3.63, 3.8) is 0 Å². The van der Waals surface area contributed by atoms with Crippen LogP contribution in [0.25, 0.3) is 0 Å².